The average molecular weight is 326 g/mol. The number of nitrogen functional groups attached to an aromatic ring is 1. The fourth-order valence-electron chi connectivity index (χ4n) is 3.42. The minimum atomic E-state index is -0.297. The van der Waals surface area contributed by atoms with Gasteiger partial charge in [0.2, 0.25) is 0 Å². The van der Waals surface area contributed by atoms with E-state index in [0.29, 0.717) is 17.3 Å². The van der Waals surface area contributed by atoms with E-state index < -0.39 is 0 Å². The minimum absolute atomic E-state index is 0.297. The predicted molar refractivity (Wildman–Crippen MR) is 89.9 cm³/mol. The summed E-state index contributed by atoms with van der Waals surface area (Å²) in [7, 11) is 0. The number of likely N-dealkylation sites (tertiary alicyclic amines) is 1. The largest absolute Gasteiger partial charge is 0.383 e. The molecule has 1 aromatic carbocycles. The molecule has 2 N–H and O–H groups in total. The summed E-state index contributed by atoms with van der Waals surface area (Å²) in [5.74, 6) is 0.650. The van der Waals surface area contributed by atoms with Crippen LogP contribution in [0.1, 0.15) is 30.0 Å². The summed E-state index contributed by atoms with van der Waals surface area (Å²) in [6.07, 6.45) is 3.71. The Balaban J connectivity index is 1.45. The molecule has 3 heterocycles. The molecule has 0 saturated carbocycles. The van der Waals surface area contributed by atoms with Crippen LogP contribution in [0.5, 0.6) is 0 Å². The second-order valence-electron chi connectivity index (χ2n) is 6.31. The zero-order valence-electron chi connectivity index (χ0n) is 13.3. The number of piperidine rings is 1. The Morgan fingerprint density at radius 2 is 2.08 bits per heavy atom. The summed E-state index contributed by atoms with van der Waals surface area (Å²) >= 11 is 0. The number of hydrogen-bond acceptors (Lipinski definition) is 5. The van der Waals surface area contributed by atoms with Crippen molar-refractivity contribution in [3.63, 3.8) is 0 Å². The van der Waals surface area contributed by atoms with E-state index in [0.717, 1.165) is 49.1 Å². The number of pyridine rings is 1. The number of halogens is 1. The van der Waals surface area contributed by atoms with Gasteiger partial charge in [0, 0.05) is 35.7 Å². The Labute approximate surface area is 139 Å². The van der Waals surface area contributed by atoms with Crippen LogP contribution in [0.2, 0.25) is 0 Å². The van der Waals surface area contributed by atoms with Crippen LogP contribution in [-0.2, 0) is 6.54 Å². The molecule has 0 spiro atoms. The van der Waals surface area contributed by atoms with Gasteiger partial charge in [-0.2, -0.15) is 0 Å². The van der Waals surface area contributed by atoms with Gasteiger partial charge in [0.1, 0.15) is 11.6 Å². The Morgan fingerprint density at radius 3 is 2.88 bits per heavy atom. The number of aromatic nitrogens is 2. The third kappa shape index (κ3) is 2.85. The fraction of sp³-hybridized carbons (Fsp3) is 0.333. The number of rotatable bonds is 3. The number of nitrogens with zero attached hydrogens (tertiary/aromatic N) is 3. The van der Waals surface area contributed by atoms with Crippen molar-refractivity contribution in [2.45, 2.75) is 25.3 Å². The van der Waals surface area contributed by atoms with Crippen LogP contribution < -0.4 is 5.73 Å². The predicted octanol–water partition coefficient (Wildman–Crippen LogP) is 3.32. The van der Waals surface area contributed by atoms with E-state index in [-0.39, 0.29) is 5.82 Å². The Hall–Kier alpha value is -2.47. The van der Waals surface area contributed by atoms with Gasteiger partial charge in [-0.15, -0.1) is 0 Å². The van der Waals surface area contributed by atoms with Gasteiger partial charge in [-0.05, 0) is 44.1 Å². The van der Waals surface area contributed by atoms with Crippen molar-refractivity contribution < 1.29 is 8.91 Å². The van der Waals surface area contributed by atoms with Crippen molar-refractivity contribution in [2.24, 2.45) is 0 Å². The van der Waals surface area contributed by atoms with Crippen molar-refractivity contribution in [1.82, 2.24) is 15.0 Å². The van der Waals surface area contributed by atoms with Crippen LogP contribution in [-0.4, -0.2) is 28.1 Å². The summed E-state index contributed by atoms with van der Waals surface area (Å²) in [4.78, 5) is 6.52. The van der Waals surface area contributed by atoms with E-state index in [1.807, 2.05) is 12.1 Å². The quantitative estimate of drug-likeness (QED) is 0.799. The van der Waals surface area contributed by atoms with Crippen LogP contribution >= 0.6 is 0 Å². The monoisotopic (exact) mass is 326 g/mol. The van der Waals surface area contributed by atoms with Gasteiger partial charge >= 0.3 is 0 Å². The lowest BCUT2D eigenvalue weighted by atomic mass is 9.91. The van der Waals surface area contributed by atoms with Crippen molar-refractivity contribution in [3.05, 3.63) is 53.6 Å². The van der Waals surface area contributed by atoms with Gasteiger partial charge in [0.05, 0.1) is 5.69 Å². The molecular formula is C18H19FN4O. The zero-order valence-corrected chi connectivity index (χ0v) is 13.3. The highest BCUT2D eigenvalue weighted by molar-refractivity contribution is 5.79. The first-order valence-corrected chi connectivity index (χ1v) is 8.17. The zero-order chi connectivity index (χ0) is 16.5. The summed E-state index contributed by atoms with van der Waals surface area (Å²) in [6, 6.07) is 8.56. The van der Waals surface area contributed by atoms with Crippen LogP contribution in [0.4, 0.5) is 10.2 Å². The molecule has 1 aliphatic heterocycles. The first-order chi connectivity index (χ1) is 11.7. The van der Waals surface area contributed by atoms with Crippen molar-refractivity contribution in [1.29, 1.82) is 0 Å². The lowest BCUT2D eigenvalue weighted by Crippen LogP contribution is -2.32. The molecule has 24 heavy (non-hydrogen) atoms. The standard InChI is InChI=1S/C18H19FN4O/c19-14-3-4-15-16(10-14)24-22-17(15)12-5-8-23(9-6-12)11-13-2-1-7-21-18(13)20/h1-4,7,10,12H,5-6,8-9,11H2,(H2,20,21). The van der Waals surface area contributed by atoms with Crippen molar-refractivity contribution in [2.75, 3.05) is 18.8 Å². The smallest absolute Gasteiger partial charge is 0.170 e. The van der Waals surface area contributed by atoms with Gasteiger partial charge in [-0.1, -0.05) is 11.2 Å². The molecule has 1 aliphatic rings. The molecule has 0 atom stereocenters. The number of benzene rings is 1. The Morgan fingerprint density at radius 1 is 1.25 bits per heavy atom. The fourth-order valence-corrected chi connectivity index (χ4v) is 3.42. The molecule has 1 saturated heterocycles. The SMILES string of the molecule is Nc1ncccc1CN1CCC(c2noc3cc(F)ccc23)CC1. The molecule has 5 nitrogen and oxygen atoms in total. The van der Waals surface area contributed by atoms with Crippen LogP contribution in [0.15, 0.2) is 41.1 Å². The topological polar surface area (TPSA) is 68.2 Å². The van der Waals surface area contributed by atoms with Crippen molar-refractivity contribution >= 4 is 16.8 Å². The molecule has 1 fully saturated rings. The van der Waals surface area contributed by atoms with Gasteiger partial charge < -0.3 is 10.3 Å². The lowest BCUT2D eigenvalue weighted by Gasteiger charge is -2.31. The minimum Gasteiger partial charge on any atom is -0.383 e. The van der Waals surface area contributed by atoms with Crippen LogP contribution in [0.25, 0.3) is 11.0 Å². The highest BCUT2D eigenvalue weighted by Crippen LogP contribution is 2.33. The van der Waals surface area contributed by atoms with Crippen LogP contribution in [0.3, 0.4) is 0 Å². The molecule has 0 amide bonds. The molecule has 0 bridgehead atoms. The summed E-state index contributed by atoms with van der Waals surface area (Å²) in [5.41, 5.74) is 8.47. The number of nitrogens with two attached hydrogens (primary N) is 1. The third-order valence-electron chi connectivity index (χ3n) is 4.76. The average Bonchev–Trinajstić information content (AvgIpc) is 3.00. The molecule has 124 valence electrons. The highest BCUT2D eigenvalue weighted by Gasteiger charge is 2.25. The molecule has 4 rings (SSSR count). The molecule has 3 aromatic rings. The van der Waals surface area contributed by atoms with Gasteiger partial charge in [-0.3, -0.25) is 4.90 Å². The summed E-state index contributed by atoms with van der Waals surface area (Å²) < 4.78 is 18.6. The maximum absolute atomic E-state index is 13.3. The van der Waals surface area contributed by atoms with E-state index in [1.165, 1.54) is 12.1 Å². The first-order valence-electron chi connectivity index (χ1n) is 8.17. The normalized spacial score (nSPS) is 16.7. The van der Waals surface area contributed by atoms with E-state index in [1.54, 1.807) is 12.3 Å². The lowest BCUT2D eigenvalue weighted by molar-refractivity contribution is 0.202. The highest BCUT2D eigenvalue weighted by atomic mass is 19.1. The maximum atomic E-state index is 13.3. The Bertz CT molecular complexity index is 855. The van der Waals surface area contributed by atoms with E-state index in [2.05, 4.69) is 15.0 Å². The van der Waals surface area contributed by atoms with E-state index in [9.17, 15) is 4.39 Å². The Kier molecular flexibility index (Phi) is 3.90. The number of fused-ring (bicyclic) bond motifs is 1. The van der Waals surface area contributed by atoms with Gasteiger partial charge in [0.25, 0.3) is 0 Å². The first kappa shape index (κ1) is 15.1. The van der Waals surface area contributed by atoms with Crippen LogP contribution in [0, 0.1) is 5.82 Å². The second kappa shape index (κ2) is 6.20. The third-order valence-corrected chi connectivity index (χ3v) is 4.76. The van der Waals surface area contributed by atoms with Gasteiger partial charge in [-0.25, -0.2) is 9.37 Å². The molecule has 0 radical (unpaired) electrons. The molecule has 0 aliphatic carbocycles. The second-order valence-corrected chi connectivity index (χ2v) is 6.31. The number of anilines is 1. The summed E-state index contributed by atoms with van der Waals surface area (Å²) in [5, 5.41) is 5.12. The van der Waals surface area contributed by atoms with Crippen molar-refractivity contribution in [3.8, 4) is 0 Å². The van der Waals surface area contributed by atoms with E-state index >= 15 is 0 Å². The molecular weight excluding hydrogens is 307 g/mol. The number of hydrogen-bond donors (Lipinski definition) is 1. The van der Waals surface area contributed by atoms with E-state index in [4.69, 9.17) is 10.3 Å². The molecule has 2 aromatic heterocycles. The van der Waals surface area contributed by atoms with Gasteiger partial charge in [0.15, 0.2) is 5.58 Å². The molecule has 0 unspecified atom stereocenters. The molecule has 6 heteroatoms. The maximum Gasteiger partial charge on any atom is 0.170 e. The summed E-state index contributed by atoms with van der Waals surface area (Å²) in [6.45, 7) is 2.75.